The van der Waals surface area contributed by atoms with Crippen molar-refractivity contribution in [2.75, 3.05) is 6.61 Å². The van der Waals surface area contributed by atoms with Gasteiger partial charge in [0.15, 0.2) is 0 Å². The van der Waals surface area contributed by atoms with Crippen molar-refractivity contribution in [3.8, 4) is 5.75 Å². The average molecular weight is 287 g/mol. The number of halogens is 3. The minimum Gasteiger partial charge on any atom is -0.494 e. The molecular formula is C15H20F3NO. The Bertz CT molecular complexity index is 443. The van der Waals surface area contributed by atoms with Gasteiger partial charge in [0.2, 0.25) is 0 Å². The van der Waals surface area contributed by atoms with Crippen molar-refractivity contribution in [3.05, 3.63) is 29.8 Å². The number of hydrogen-bond acceptors (Lipinski definition) is 2. The molecule has 0 bridgehead atoms. The molecule has 2 unspecified atom stereocenters. The second-order valence-electron chi connectivity index (χ2n) is 5.45. The molecule has 2 rings (SSSR count). The standard InChI is InChI=1S/C15H20F3NO/c1-2-20-13-7-5-11(6-8-13)14(19)9-3-4-12(10-14)15(16,17)18/h5-8,12H,2-4,9-10,19H2,1H3. The van der Waals surface area contributed by atoms with Crippen LogP contribution in [0.4, 0.5) is 13.2 Å². The lowest BCUT2D eigenvalue weighted by Crippen LogP contribution is -2.44. The summed E-state index contributed by atoms with van der Waals surface area (Å²) in [4.78, 5) is 0. The molecule has 0 aliphatic heterocycles. The molecular weight excluding hydrogens is 267 g/mol. The zero-order valence-electron chi connectivity index (χ0n) is 11.5. The first kappa shape index (κ1) is 15.2. The van der Waals surface area contributed by atoms with E-state index >= 15 is 0 Å². The minimum atomic E-state index is -4.16. The summed E-state index contributed by atoms with van der Waals surface area (Å²) in [5.74, 6) is -0.587. The number of hydrogen-bond donors (Lipinski definition) is 1. The van der Waals surface area contributed by atoms with Crippen molar-refractivity contribution in [1.82, 2.24) is 0 Å². The molecule has 2 atom stereocenters. The van der Waals surface area contributed by atoms with E-state index in [1.807, 2.05) is 6.92 Å². The molecule has 1 fully saturated rings. The first-order valence-corrected chi connectivity index (χ1v) is 6.94. The summed E-state index contributed by atoms with van der Waals surface area (Å²) in [5.41, 5.74) is 6.12. The number of rotatable bonds is 3. The van der Waals surface area contributed by atoms with Crippen LogP contribution >= 0.6 is 0 Å². The van der Waals surface area contributed by atoms with Crippen LogP contribution in [0.3, 0.4) is 0 Å². The number of ether oxygens (including phenoxy) is 1. The van der Waals surface area contributed by atoms with E-state index in [9.17, 15) is 13.2 Å². The Morgan fingerprint density at radius 2 is 1.95 bits per heavy atom. The topological polar surface area (TPSA) is 35.2 Å². The van der Waals surface area contributed by atoms with E-state index in [0.29, 0.717) is 25.2 Å². The highest BCUT2D eigenvalue weighted by Crippen LogP contribution is 2.44. The van der Waals surface area contributed by atoms with E-state index < -0.39 is 17.6 Å². The van der Waals surface area contributed by atoms with Crippen molar-refractivity contribution < 1.29 is 17.9 Å². The fraction of sp³-hybridized carbons (Fsp3) is 0.600. The third-order valence-electron chi connectivity index (χ3n) is 3.99. The summed E-state index contributed by atoms with van der Waals surface area (Å²) >= 11 is 0. The molecule has 0 aromatic heterocycles. The van der Waals surface area contributed by atoms with E-state index in [1.165, 1.54) is 0 Å². The molecule has 1 aliphatic carbocycles. The summed E-state index contributed by atoms with van der Waals surface area (Å²) < 4.78 is 44.0. The summed E-state index contributed by atoms with van der Waals surface area (Å²) in [6.07, 6.45) is -2.91. The molecule has 5 heteroatoms. The second kappa shape index (κ2) is 5.64. The Labute approximate surface area is 117 Å². The van der Waals surface area contributed by atoms with Crippen LogP contribution in [0, 0.1) is 5.92 Å². The van der Waals surface area contributed by atoms with Crippen molar-refractivity contribution in [2.24, 2.45) is 11.7 Å². The molecule has 20 heavy (non-hydrogen) atoms. The van der Waals surface area contributed by atoms with Crippen LogP contribution in [0.5, 0.6) is 5.75 Å². The van der Waals surface area contributed by atoms with Gasteiger partial charge in [-0.1, -0.05) is 18.6 Å². The largest absolute Gasteiger partial charge is 0.494 e. The van der Waals surface area contributed by atoms with Crippen LogP contribution < -0.4 is 10.5 Å². The summed E-state index contributed by atoms with van der Waals surface area (Å²) in [6, 6.07) is 7.10. The monoisotopic (exact) mass is 287 g/mol. The highest BCUT2D eigenvalue weighted by Gasteiger charge is 2.46. The Morgan fingerprint density at radius 3 is 2.50 bits per heavy atom. The fourth-order valence-electron chi connectivity index (χ4n) is 2.90. The summed E-state index contributed by atoms with van der Waals surface area (Å²) in [6.45, 7) is 2.44. The zero-order valence-corrected chi connectivity index (χ0v) is 11.5. The molecule has 0 spiro atoms. The van der Waals surface area contributed by atoms with Crippen molar-refractivity contribution in [3.63, 3.8) is 0 Å². The quantitative estimate of drug-likeness (QED) is 0.912. The highest BCUT2D eigenvalue weighted by atomic mass is 19.4. The van der Waals surface area contributed by atoms with Gasteiger partial charge in [-0.25, -0.2) is 0 Å². The second-order valence-corrected chi connectivity index (χ2v) is 5.45. The SMILES string of the molecule is CCOc1ccc(C2(N)CCCC(C(F)(F)F)C2)cc1. The Hall–Kier alpha value is -1.23. The van der Waals surface area contributed by atoms with Crippen LogP contribution in [-0.4, -0.2) is 12.8 Å². The number of benzene rings is 1. The van der Waals surface area contributed by atoms with E-state index in [2.05, 4.69) is 0 Å². The van der Waals surface area contributed by atoms with Gasteiger partial charge in [0, 0.05) is 5.54 Å². The van der Waals surface area contributed by atoms with E-state index in [0.717, 1.165) is 5.56 Å². The van der Waals surface area contributed by atoms with Gasteiger partial charge in [-0.05, 0) is 43.9 Å². The molecule has 2 N–H and O–H groups in total. The maximum atomic E-state index is 12.9. The predicted molar refractivity (Wildman–Crippen MR) is 71.5 cm³/mol. The first-order valence-electron chi connectivity index (χ1n) is 6.94. The van der Waals surface area contributed by atoms with Gasteiger partial charge in [-0.15, -0.1) is 0 Å². The van der Waals surface area contributed by atoms with Crippen LogP contribution in [0.15, 0.2) is 24.3 Å². The van der Waals surface area contributed by atoms with Gasteiger partial charge in [-0.3, -0.25) is 0 Å². The third kappa shape index (κ3) is 3.26. The average Bonchev–Trinajstić information content (AvgIpc) is 2.39. The van der Waals surface area contributed by atoms with E-state index in [1.54, 1.807) is 24.3 Å². The third-order valence-corrected chi connectivity index (χ3v) is 3.99. The number of nitrogens with two attached hydrogens (primary N) is 1. The Balaban J connectivity index is 2.17. The maximum Gasteiger partial charge on any atom is 0.391 e. The maximum absolute atomic E-state index is 12.9. The Morgan fingerprint density at radius 1 is 1.30 bits per heavy atom. The lowest BCUT2D eigenvalue weighted by atomic mass is 9.72. The van der Waals surface area contributed by atoms with Crippen molar-refractivity contribution >= 4 is 0 Å². The van der Waals surface area contributed by atoms with Gasteiger partial charge in [-0.2, -0.15) is 13.2 Å². The lowest BCUT2D eigenvalue weighted by Gasteiger charge is -2.39. The van der Waals surface area contributed by atoms with Gasteiger partial charge < -0.3 is 10.5 Å². The predicted octanol–water partition coefficient (Wildman–Crippen LogP) is 3.99. The molecule has 0 amide bonds. The molecule has 1 aromatic rings. The van der Waals surface area contributed by atoms with Crippen LogP contribution in [0.1, 0.15) is 38.2 Å². The fourth-order valence-corrected chi connectivity index (χ4v) is 2.90. The van der Waals surface area contributed by atoms with Crippen LogP contribution in [0.25, 0.3) is 0 Å². The van der Waals surface area contributed by atoms with Crippen molar-refractivity contribution in [1.29, 1.82) is 0 Å². The normalized spacial score (nSPS) is 27.4. The van der Waals surface area contributed by atoms with E-state index in [4.69, 9.17) is 10.5 Å². The van der Waals surface area contributed by atoms with Gasteiger partial charge >= 0.3 is 6.18 Å². The highest BCUT2D eigenvalue weighted by molar-refractivity contribution is 5.32. The number of alkyl halides is 3. The lowest BCUT2D eigenvalue weighted by molar-refractivity contribution is -0.187. The Kier molecular flexibility index (Phi) is 4.28. The van der Waals surface area contributed by atoms with Gasteiger partial charge in [0.1, 0.15) is 5.75 Å². The molecule has 0 saturated heterocycles. The van der Waals surface area contributed by atoms with E-state index in [-0.39, 0.29) is 12.8 Å². The molecule has 1 aromatic carbocycles. The van der Waals surface area contributed by atoms with Gasteiger partial charge in [0.05, 0.1) is 12.5 Å². The molecule has 112 valence electrons. The molecule has 2 nitrogen and oxygen atoms in total. The van der Waals surface area contributed by atoms with Crippen LogP contribution in [0.2, 0.25) is 0 Å². The minimum absolute atomic E-state index is 0.0372. The smallest absolute Gasteiger partial charge is 0.391 e. The molecule has 0 heterocycles. The molecule has 1 saturated carbocycles. The summed E-state index contributed by atoms with van der Waals surface area (Å²) in [5, 5.41) is 0. The van der Waals surface area contributed by atoms with Gasteiger partial charge in [0.25, 0.3) is 0 Å². The van der Waals surface area contributed by atoms with Crippen molar-refractivity contribution in [2.45, 2.75) is 44.3 Å². The zero-order chi connectivity index (χ0) is 14.8. The van der Waals surface area contributed by atoms with Crippen LogP contribution in [-0.2, 0) is 5.54 Å². The molecule has 0 radical (unpaired) electrons. The summed E-state index contributed by atoms with van der Waals surface area (Å²) in [7, 11) is 0. The molecule has 1 aliphatic rings. The first-order chi connectivity index (χ1) is 9.35.